The lowest BCUT2D eigenvalue weighted by Gasteiger charge is -2.01. The van der Waals surface area contributed by atoms with E-state index in [1.54, 1.807) is 0 Å². The standard InChI is InChI=1S/C8H11NO/c1-6(2)7-4-3-5-8(10)9-7/h3-6H,1-2H3,(H,9,10)/i1D3,2D3,6D. The number of rotatable bonds is 1. The fourth-order valence-electron chi connectivity index (χ4n) is 0.594. The van der Waals surface area contributed by atoms with E-state index in [1.807, 2.05) is 0 Å². The minimum absolute atomic E-state index is 0.440. The van der Waals surface area contributed by atoms with Crippen LogP contribution in [0.3, 0.4) is 0 Å². The van der Waals surface area contributed by atoms with Gasteiger partial charge in [-0.3, -0.25) is 4.79 Å². The predicted molar refractivity (Wildman–Crippen MR) is 41.2 cm³/mol. The van der Waals surface area contributed by atoms with Gasteiger partial charge in [0.1, 0.15) is 0 Å². The predicted octanol–water partition coefficient (Wildman–Crippen LogP) is 1.50. The molecule has 0 atom stereocenters. The molecule has 0 saturated heterocycles. The fourth-order valence-corrected chi connectivity index (χ4v) is 0.594. The van der Waals surface area contributed by atoms with Crippen molar-refractivity contribution in [2.24, 2.45) is 0 Å². The molecule has 54 valence electrons. The Labute approximate surface area is 69.7 Å². The molecule has 0 saturated carbocycles. The summed E-state index contributed by atoms with van der Waals surface area (Å²) in [5.74, 6) is -2.85. The van der Waals surface area contributed by atoms with Gasteiger partial charge in [0.2, 0.25) is 5.56 Å². The van der Waals surface area contributed by atoms with E-state index in [2.05, 4.69) is 4.98 Å². The first-order chi connectivity index (χ1) is 7.50. The first-order valence-corrected chi connectivity index (χ1v) is 2.70. The third kappa shape index (κ3) is 1.47. The molecule has 0 fully saturated rings. The van der Waals surface area contributed by atoms with Crippen molar-refractivity contribution in [2.75, 3.05) is 0 Å². The lowest BCUT2D eigenvalue weighted by atomic mass is 10.1. The summed E-state index contributed by atoms with van der Waals surface area (Å²) in [6.07, 6.45) is 0. The largest absolute Gasteiger partial charge is 0.326 e. The Morgan fingerprint density at radius 2 is 2.50 bits per heavy atom. The van der Waals surface area contributed by atoms with Crippen molar-refractivity contribution < 1.29 is 9.60 Å². The van der Waals surface area contributed by atoms with Crippen LogP contribution in [0.2, 0.25) is 0 Å². The number of H-pyrrole nitrogens is 1. The molecule has 0 unspecified atom stereocenters. The Bertz CT molecular complexity index is 444. The van der Waals surface area contributed by atoms with Gasteiger partial charge >= 0.3 is 0 Å². The molecule has 0 radical (unpaired) electrons. The Balaban J connectivity index is 3.52. The number of aromatic nitrogens is 1. The molecule has 1 aromatic heterocycles. The van der Waals surface area contributed by atoms with Crippen LogP contribution >= 0.6 is 0 Å². The summed E-state index contributed by atoms with van der Waals surface area (Å²) in [4.78, 5) is 13.2. The van der Waals surface area contributed by atoms with Crippen LogP contribution in [0.5, 0.6) is 0 Å². The van der Waals surface area contributed by atoms with Crippen LogP contribution < -0.4 is 5.56 Å². The number of hydrogen-bond acceptors (Lipinski definition) is 1. The second kappa shape index (κ2) is 2.69. The minimum Gasteiger partial charge on any atom is -0.326 e. The maximum absolute atomic E-state index is 11.1. The van der Waals surface area contributed by atoms with Crippen LogP contribution in [0.4, 0.5) is 0 Å². The molecule has 1 aromatic rings. The van der Waals surface area contributed by atoms with E-state index < -0.39 is 30.9 Å². The number of nitrogens with one attached hydrogen (secondary N) is 1. The molecule has 1 rings (SSSR count). The molecule has 2 nitrogen and oxygen atoms in total. The number of pyridine rings is 1. The molecule has 0 aliphatic rings. The second-order valence-corrected chi connectivity index (χ2v) is 1.80. The average molecular weight is 144 g/mol. The Kier molecular flexibility index (Phi) is 0.598. The third-order valence-corrected chi connectivity index (χ3v) is 1.04. The molecule has 0 amide bonds. The van der Waals surface area contributed by atoms with Gasteiger partial charge in [0.05, 0.1) is 0 Å². The Morgan fingerprint density at radius 3 is 3.10 bits per heavy atom. The van der Waals surface area contributed by atoms with Crippen molar-refractivity contribution >= 4 is 0 Å². The molecule has 0 bridgehead atoms. The maximum Gasteiger partial charge on any atom is 0.248 e. The van der Waals surface area contributed by atoms with Crippen LogP contribution in [-0.4, -0.2) is 4.98 Å². The van der Waals surface area contributed by atoms with Crippen LogP contribution in [-0.2, 0) is 0 Å². The van der Waals surface area contributed by atoms with E-state index in [-0.39, 0.29) is 0 Å². The van der Waals surface area contributed by atoms with E-state index in [0.29, 0.717) is 0 Å². The smallest absolute Gasteiger partial charge is 0.248 e. The lowest BCUT2D eigenvalue weighted by molar-refractivity contribution is 0.816. The molecule has 2 heteroatoms. The zero-order valence-electron chi connectivity index (χ0n) is 12.1. The van der Waals surface area contributed by atoms with Crippen molar-refractivity contribution in [3.05, 3.63) is 34.2 Å². The van der Waals surface area contributed by atoms with E-state index in [1.165, 1.54) is 6.07 Å². The fraction of sp³-hybridized carbons (Fsp3) is 0.375. The monoisotopic (exact) mass is 144 g/mol. The summed E-state index contributed by atoms with van der Waals surface area (Å²) in [6.45, 7) is -6.16. The normalized spacial score (nSPS) is 24.2. The minimum atomic E-state index is -3.08. The summed E-state index contributed by atoms with van der Waals surface area (Å²) >= 11 is 0. The highest BCUT2D eigenvalue weighted by atomic mass is 16.1. The maximum atomic E-state index is 11.1. The van der Waals surface area contributed by atoms with Crippen LogP contribution in [0.15, 0.2) is 23.0 Å². The lowest BCUT2D eigenvalue weighted by Crippen LogP contribution is -2.06. The van der Waals surface area contributed by atoms with E-state index >= 15 is 0 Å². The van der Waals surface area contributed by atoms with E-state index in [9.17, 15) is 4.79 Å². The van der Waals surface area contributed by atoms with E-state index in [4.69, 9.17) is 9.60 Å². The Hall–Kier alpha value is -1.05. The topological polar surface area (TPSA) is 32.9 Å². The van der Waals surface area contributed by atoms with Crippen molar-refractivity contribution in [3.8, 4) is 0 Å². The highest BCUT2D eigenvalue weighted by Crippen LogP contribution is 2.06. The second-order valence-electron chi connectivity index (χ2n) is 1.80. The summed E-state index contributed by atoms with van der Waals surface area (Å²) in [5, 5.41) is 0. The van der Waals surface area contributed by atoms with Crippen molar-refractivity contribution in [1.82, 2.24) is 4.98 Å². The van der Waals surface area contributed by atoms with Gasteiger partial charge < -0.3 is 4.98 Å². The van der Waals surface area contributed by atoms with Gasteiger partial charge in [-0.1, -0.05) is 19.8 Å². The SMILES string of the molecule is [2H]C([2H])([2H])C([2H])(c1cccc(=O)[nH]1)C([2H])([2H])[2H]. The summed E-state index contributed by atoms with van der Waals surface area (Å²) in [6, 6.07) is 3.45. The molecular weight excluding hydrogens is 126 g/mol. The van der Waals surface area contributed by atoms with Crippen molar-refractivity contribution in [2.45, 2.75) is 19.6 Å². The number of aromatic amines is 1. The van der Waals surface area contributed by atoms with Gasteiger partial charge in [0.15, 0.2) is 0 Å². The van der Waals surface area contributed by atoms with Gasteiger partial charge in [-0.2, -0.15) is 0 Å². The highest BCUT2D eigenvalue weighted by molar-refractivity contribution is 5.07. The number of hydrogen-bond donors (Lipinski definition) is 1. The van der Waals surface area contributed by atoms with Crippen molar-refractivity contribution in [1.29, 1.82) is 0 Å². The zero-order valence-corrected chi connectivity index (χ0v) is 5.14. The van der Waals surface area contributed by atoms with Crippen LogP contribution in [0.1, 0.15) is 34.9 Å². The molecule has 0 aromatic carbocycles. The van der Waals surface area contributed by atoms with Gasteiger partial charge in [0.25, 0.3) is 0 Å². The van der Waals surface area contributed by atoms with E-state index in [0.717, 1.165) is 12.1 Å². The Morgan fingerprint density at radius 1 is 1.70 bits per heavy atom. The van der Waals surface area contributed by atoms with Gasteiger partial charge in [0, 0.05) is 21.4 Å². The van der Waals surface area contributed by atoms with Crippen LogP contribution in [0, 0.1) is 0 Å². The van der Waals surface area contributed by atoms with Crippen LogP contribution in [0.25, 0.3) is 0 Å². The summed E-state index contributed by atoms with van der Waals surface area (Å²) in [7, 11) is 0. The molecule has 0 aliphatic heterocycles. The average Bonchev–Trinajstić information content (AvgIpc) is 2.12. The van der Waals surface area contributed by atoms with Gasteiger partial charge in [-0.15, -0.1) is 0 Å². The first kappa shape index (κ1) is 2.22. The van der Waals surface area contributed by atoms with Gasteiger partial charge in [-0.25, -0.2) is 0 Å². The molecule has 0 spiro atoms. The summed E-state index contributed by atoms with van der Waals surface area (Å²) in [5.41, 5.74) is -1.09. The molecule has 10 heavy (non-hydrogen) atoms. The summed E-state index contributed by atoms with van der Waals surface area (Å²) < 4.78 is 51.0. The van der Waals surface area contributed by atoms with Crippen molar-refractivity contribution in [3.63, 3.8) is 0 Å². The quantitative estimate of drug-likeness (QED) is 0.636. The molecule has 0 aliphatic carbocycles. The highest BCUT2D eigenvalue weighted by Gasteiger charge is 1.96. The molecular formula is C8H11NO. The third-order valence-electron chi connectivity index (χ3n) is 1.04. The van der Waals surface area contributed by atoms with Gasteiger partial charge in [-0.05, 0) is 12.0 Å². The molecule has 1 N–H and O–H groups in total. The first-order valence-electron chi connectivity index (χ1n) is 6.20. The molecule has 1 heterocycles. The zero-order chi connectivity index (χ0) is 13.5.